The van der Waals surface area contributed by atoms with Gasteiger partial charge in [-0.2, -0.15) is 0 Å². The van der Waals surface area contributed by atoms with E-state index in [1.165, 1.54) is 5.56 Å². The molecule has 3 heteroatoms. The van der Waals surface area contributed by atoms with Crippen molar-refractivity contribution in [3.05, 3.63) is 29.8 Å². The summed E-state index contributed by atoms with van der Waals surface area (Å²) in [6.45, 7) is 12.2. The zero-order valence-electron chi connectivity index (χ0n) is 12.1. The Morgan fingerprint density at radius 3 is 2.56 bits per heavy atom. The summed E-state index contributed by atoms with van der Waals surface area (Å²) in [7, 11) is -1.72. The van der Waals surface area contributed by atoms with Gasteiger partial charge in [0, 0.05) is 12.0 Å². The van der Waals surface area contributed by atoms with Crippen LogP contribution in [0.4, 0.5) is 0 Å². The second-order valence-corrected chi connectivity index (χ2v) is 11.3. The first-order valence-electron chi connectivity index (χ1n) is 6.71. The van der Waals surface area contributed by atoms with Gasteiger partial charge in [-0.1, -0.05) is 39.0 Å². The summed E-state index contributed by atoms with van der Waals surface area (Å²) in [5.74, 6) is 0.993. The Bertz CT molecular complexity index is 421. The Kier molecular flexibility index (Phi) is 3.56. The van der Waals surface area contributed by atoms with E-state index in [4.69, 9.17) is 9.16 Å². The lowest BCUT2D eigenvalue weighted by molar-refractivity contribution is 0.122. The van der Waals surface area contributed by atoms with Crippen LogP contribution in [0.5, 0.6) is 5.75 Å². The molecular weight excluding hydrogens is 240 g/mol. The predicted molar refractivity (Wildman–Crippen MR) is 77.6 cm³/mol. The summed E-state index contributed by atoms with van der Waals surface area (Å²) in [5, 5.41) is 0.250. The van der Waals surface area contributed by atoms with Crippen molar-refractivity contribution in [2.24, 2.45) is 0 Å². The molecule has 0 N–H and O–H groups in total. The molecule has 1 aromatic rings. The van der Waals surface area contributed by atoms with Gasteiger partial charge in [-0.3, -0.25) is 0 Å². The Morgan fingerprint density at radius 2 is 1.89 bits per heavy atom. The van der Waals surface area contributed by atoms with Gasteiger partial charge in [-0.05, 0) is 24.2 Å². The maximum atomic E-state index is 6.53. The maximum absolute atomic E-state index is 6.53. The molecule has 1 unspecified atom stereocenters. The van der Waals surface area contributed by atoms with Gasteiger partial charge in [0.15, 0.2) is 8.32 Å². The first-order valence-corrected chi connectivity index (χ1v) is 9.62. The zero-order valence-corrected chi connectivity index (χ0v) is 13.1. The van der Waals surface area contributed by atoms with Crippen molar-refractivity contribution >= 4 is 8.32 Å². The molecule has 0 radical (unpaired) electrons. The van der Waals surface area contributed by atoms with E-state index in [9.17, 15) is 0 Å². The van der Waals surface area contributed by atoms with Gasteiger partial charge in [0.25, 0.3) is 0 Å². The van der Waals surface area contributed by atoms with Crippen LogP contribution >= 0.6 is 0 Å². The number of rotatable bonds is 2. The van der Waals surface area contributed by atoms with Crippen LogP contribution in [0.3, 0.4) is 0 Å². The average Bonchev–Trinajstić information content (AvgIpc) is 2.27. The summed E-state index contributed by atoms with van der Waals surface area (Å²) in [4.78, 5) is 0. The molecule has 18 heavy (non-hydrogen) atoms. The molecular formula is C15H24O2Si. The van der Waals surface area contributed by atoms with Crippen LogP contribution in [0.15, 0.2) is 24.3 Å². The van der Waals surface area contributed by atoms with Crippen LogP contribution in [-0.4, -0.2) is 14.9 Å². The molecule has 100 valence electrons. The van der Waals surface area contributed by atoms with Gasteiger partial charge >= 0.3 is 0 Å². The van der Waals surface area contributed by atoms with Gasteiger partial charge in [-0.25, -0.2) is 0 Å². The fourth-order valence-corrected chi connectivity index (χ4v) is 3.27. The number of fused-ring (bicyclic) bond motifs is 1. The molecule has 0 aliphatic carbocycles. The van der Waals surface area contributed by atoms with Crippen molar-refractivity contribution in [2.75, 3.05) is 6.61 Å². The Morgan fingerprint density at radius 1 is 1.22 bits per heavy atom. The summed E-state index contributed by atoms with van der Waals surface area (Å²) < 4.78 is 12.2. The van der Waals surface area contributed by atoms with Gasteiger partial charge in [0.05, 0.1) is 12.7 Å². The Hall–Kier alpha value is -0.803. The molecule has 0 amide bonds. The molecule has 1 aliphatic heterocycles. The van der Waals surface area contributed by atoms with Crippen LogP contribution < -0.4 is 4.74 Å². The van der Waals surface area contributed by atoms with Crippen LogP contribution in [-0.2, 0) is 4.43 Å². The van der Waals surface area contributed by atoms with Crippen molar-refractivity contribution in [3.63, 3.8) is 0 Å². The second-order valence-electron chi connectivity index (χ2n) is 6.54. The molecule has 1 aliphatic rings. The van der Waals surface area contributed by atoms with Gasteiger partial charge < -0.3 is 9.16 Å². The highest BCUT2D eigenvalue weighted by Gasteiger charge is 2.40. The second kappa shape index (κ2) is 4.70. The van der Waals surface area contributed by atoms with E-state index < -0.39 is 8.32 Å². The Labute approximate surface area is 111 Å². The van der Waals surface area contributed by atoms with Gasteiger partial charge in [0.1, 0.15) is 5.75 Å². The third kappa shape index (κ3) is 2.62. The molecule has 0 saturated heterocycles. The van der Waals surface area contributed by atoms with E-state index in [1.54, 1.807) is 0 Å². The lowest BCUT2D eigenvalue weighted by Gasteiger charge is -2.40. The van der Waals surface area contributed by atoms with Gasteiger partial charge in [0.2, 0.25) is 0 Å². The van der Waals surface area contributed by atoms with Crippen molar-refractivity contribution in [2.45, 2.75) is 51.4 Å². The Balaban J connectivity index is 2.22. The third-order valence-electron chi connectivity index (χ3n) is 4.15. The molecule has 0 bridgehead atoms. The predicted octanol–water partition coefficient (Wildman–Crippen LogP) is 4.53. The highest BCUT2D eigenvalue weighted by atomic mass is 28.4. The summed E-state index contributed by atoms with van der Waals surface area (Å²) in [5.41, 5.74) is 1.22. The molecule has 0 aromatic heterocycles. The first kappa shape index (κ1) is 13.6. The van der Waals surface area contributed by atoms with Crippen LogP contribution in [0.2, 0.25) is 18.1 Å². The summed E-state index contributed by atoms with van der Waals surface area (Å²) in [6.07, 6.45) is 1.17. The van der Waals surface area contributed by atoms with E-state index in [1.807, 2.05) is 12.1 Å². The van der Waals surface area contributed by atoms with E-state index in [0.29, 0.717) is 0 Å². The van der Waals surface area contributed by atoms with Crippen LogP contribution in [0, 0.1) is 0 Å². The molecule has 0 fully saturated rings. The molecule has 2 rings (SSSR count). The van der Waals surface area contributed by atoms with Crippen molar-refractivity contribution < 1.29 is 9.16 Å². The SMILES string of the molecule is CC(C)(C)[Si](C)(C)OC1CCOc2ccccc21. The summed E-state index contributed by atoms with van der Waals surface area (Å²) >= 11 is 0. The van der Waals surface area contributed by atoms with Crippen molar-refractivity contribution in [1.29, 1.82) is 0 Å². The average molecular weight is 264 g/mol. The topological polar surface area (TPSA) is 18.5 Å². The molecule has 0 saturated carbocycles. The van der Waals surface area contributed by atoms with Crippen LogP contribution in [0.25, 0.3) is 0 Å². The van der Waals surface area contributed by atoms with E-state index in [2.05, 4.69) is 46.0 Å². The minimum absolute atomic E-state index is 0.204. The quantitative estimate of drug-likeness (QED) is 0.731. The lowest BCUT2D eigenvalue weighted by atomic mass is 10.0. The summed E-state index contributed by atoms with van der Waals surface area (Å²) in [6, 6.07) is 8.26. The largest absolute Gasteiger partial charge is 0.493 e. The first-order chi connectivity index (χ1) is 8.31. The zero-order chi connectivity index (χ0) is 13.4. The van der Waals surface area contributed by atoms with Crippen LogP contribution in [0.1, 0.15) is 38.9 Å². The third-order valence-corrected chi connectivity index (χ3v) is 8.63. The number of hydrogen-bond donors (Lipinski definition) is 0. The van der Waals surface area contributed by atoms with E-state index in [-0.39, 0.29) is 11.1 Å². The minimum atomic E-state index is -1.72. The van der Waals surface area contributed by atoms with Crippen molar-refractivity contribution in [1.82, 2.24) is 0 Å². The monoisotopic (exact) mass is 264 g/mol. The molecule has 0 spiro atoms. The normalized spacial score (nSPS) is 20.2. The van der Waals surface area contributed by atoms with Gasteiger partial charge in [-0.15, -0.1) is 0 Å². The smallest absolute Gasteiger partial charge is 0.192 e. The number of ether oxygens (including phenoxy) is 1. The van der Waals surface area contributed by atoms with E-state index >= 15 is 0 Å². The number of hydrogen-bond acceptors (Lipinski definition) is 2. The fourth-order valence-electron chi connectivity index (χ4n) is 1.96. The maximum Gasteiger partial charge on any atom is 0.192 e. The molecule has 1 atom stereocenters. The number of para-hydroxylation sites is 1. The minimum Gasteiger partial charge on any atom is -0.493 e. The number of benzene rings is 1. The molecule has 1 aromatic carbocycles. The van der Waals surface area contributed by atoms with E-state index in [0.717, 1.165) is 18.8 Å². The van der Waals surface area contributed by atoms with Crippen molar-refractivity contribution in [3.8, 4) is 5.75 Å². The standard InChI is InChI=1S/C15H24O2Si/c1-15(2,3)18(4,5)17-14-10-11-16-13-9-7-6-8-12(13)14/h6-9,14H,10-11H2,1-5H3. The molecule has 2 nitrogen and oxygen atoms in total. The molecule has 1 heterocycles. The fraction of sp³-hybridized carbons (Fsp3) is 0.600. The lowest BCUT2D eigenvalue weighted by Crippen LogP contribution is -2.42. The highest BCUT2D eigenvalue weighted by molar-refractivity contribution is 6.74. The highest BCUT2D eigenvalue weighted by Crippen LogP contribution is 2.43.